The fourth-order valence-electron chi connectivity index (χ4n) is 1.97. The van der Waals surface area contributed by atoms with Gasteiger partial charge in [0, 0.05) is 6.54 Å². The molecule has 1 aliphatic rings. The number of rotatable bonds is 2. The van der Waals surface area contributed by atoms with Crippen LogP contribution < -0.4 is 10.6 Å². The summed E-state index contributed by atoms with van der Waals surface area (Å²) in [5.74, 6) is -0.212. The summed E-state index contributed by atoms with van der Waals surface area (Å²) in [5, 5.41) is 0.766. The molecule has 2 unspecified atom stereocenters. The van der Waals surface area contributed by atoms with Crippen molar-refractivity contribution in [1.29, 1.82) is 0 Å². The van der Waals surface area contributed by atoms with Crippen LogP contribution >= 0.6 is 11.5 Å². The van der Waals surface area contributed by atoms with Crippen LogP contribution in [0.15, 0.2) is 0 Å². The van der Waals surface area contributed by atoms with Crippen molar-refractivity contribution in [1.82, 2.24) is 4.37 Å². The zero-order valence-corrected chi connectivity index (χ0v) is 11.5. The molecule has 2 rings (SSSR count). The van der Waals surface area contributed by atoms with Crippen LogP contribution in [-0.4, -0.2) is 42.8 Å². The summed E-state index contributed by atoms with van der Waals surface area (Å²) in [5.41, 5.74) is 6.11. The second kappa shape index (κ2) is 5.11. The highest BCUT2D eigenvalue weighted by atomic mass is 32.1. The lowest BCUT2D eigenvalue weighted by atomic mass is 10.2. The molecule has 100 valence electrons. The molecule has 6 nitrogen and oxygen atoms in total. The van der Waals surface area contributed by atoms with E-state index in [1.54, 1.807) is 0 Å². The van der Waals surface area contributed by atoms with Crippen LogP contribution in [0.4, 0.5) is 10.8 Å². The second-order valence-electron chi connectivity index (χ2n) is 4.38. The molecule has 0 aliphatic carbocycles. The first-order valence-corrected chi connectivity index (χ1v) is 6.53. The van der Waals surface area contributed by atoms with Gasteiger partial charge in [-0.15, -0.1) is 0 Å². The zero-order chi connectivity index (χ0) is 13.3. The van der Waals surface area contributed by atoms with Crippen molar-refractivity contribution < 1.29 is 14.3 Å². The topological polar surface area (TPSA) is 77.7 Å². The van der Waals surface area contributed by atoms with Gasteiger partial charge in [-0.25, -0.2) is 4.79 Å². The first kappa shape index (κ1) is 13.1. The average molecular weight is 271 g/mol. The van der Waals surface area contributed by atoms with Gasteiger partial charge in [-0.05, 0) is 25.4 Å². The largest absolute Gasteiger partial charge is 0.465 e. The molecule has 2 atom stereocenters. The normalized spacial score (nSPS) is 24.1. The molecule has 1 saturated heterocycles. The third-order valence-electron chi connectivity index (χ3n) is 2.96. The number of nitrogen functional groups attached to an aromatic ring is 1. The van der Waals surface area contributed by atoms with Gasteiger partial charge >= 0.3 is 5.97 Å². The number of esters is 1. The van der Waals surface area contributed by atoms with E-state index < -0.39 is 5.97 Å². The maximum absolute atomic E-state index is 11.8. The number of aromatic nitrogens is 1. The predicted molar refractivity (Wildman–Crippen MR) is 70.1 cm³/mol. The summed E-state index contributed by atoms with van der Waals surface area (Å²) in [6.45, 7) is 5.39. The standard InChI is InChI=1S/C11H17N3O3S/c1-6-5-17-7(2)4-14(6)10-8(11(15)16-3)9(12)13-18-10/h6-7H,4-5H2,1-3H3,(H2,12,13). The van der Waals surface area contributed by atoms with Gasteiger partial charge < -0.3 is 20.1 Å². The number of methoxy groups -OCH3 is 1. The van der Waals surface area contributed by atoms with E-state index in [1.165, 1.54) is 18.6 Å². The van der Waals surface area contributed by atoms with Crippen molar-refractivity contribution in [2.24, 2.45) is 0 Å². The molecule has 0 spiro atoms. The molecular weight excluding hydrogens is 254 g/mol. The van der Waals surface area contributed by atoms with Gasteiger partial charge in [-0.2, -0.15) is 4.37 Å². The summed E-state index contributed by atoms with van der Waals surface area (Å²) in [7, 11) is 1.34. The first-order chi connectivity index (χ1) is 8.54. The van der Waals surface area contributed by atoms with Crippen molar-refractivity contribution >= 4 is 28.3 Å². The number of hydrogen-bond donors (Lipinski definition) is 1. The van der Waals surface area contributed by atoms with E-state index in [0.717, 1.165) is 5.00 Å². The number of anilines is 2. The number of hydrogen-bond acceptors (Lipinski definition) is 7. The van der Waals surface area contributed by atoms with Crippen LogP contribution in [0.5, 0.6) is 0 Å². The van der Waals surface area contributed by atoms with E-state index in [1.807, 2.05) is 13.8 Å². The Hall–Kier alpha value is -1.34. The molecule has 0 bridgehead atoms. The van der Waals surface area contributed by atoms with Crippen LogP contribution in [-0.2, 0) is 9.47 Å². The lowest BCUT2D eigenvalue weighted by molar-refractivity contribution is 0.0343. The summed E-state index contributed by atoms with van der Waals surface area (Å²) in [4.78, 5) is 13.9. The summed E-state index contributed by atoms with van der Waals surface area (Å²) in [6.07, 6.45) is 0.120. The molecular formula is C11H17N3O3S. The van der Waals surface area contributed by atoms with Gasteiger partial charge in [0.2, 0.25) is 0 Å². The van der Waals surface area contributed by atoms with Crippen LogP contribution in [0.1, 0.15) is 24.2 Å². The van der Waals surface area contributed by atoms with E-state index in [0.29, 0.717) is 18.7 Å². The summed E-state index contributed by atoms with van der Waals surface area (Å²) >= 11 is 1.23. The Bertz CT molecular complexity index is 449. The zero-order valence-electron chi connectivity index (χ0n) is 10.7. The predicted octanol–water partition coefficient (Wildman–Crippen LogP) is 1.13. The highest BCUT2D eigenvalue weighted by Crippen LogP contribution is 2.33. The van der Waals surface area contributed by atoms with Crippen LogP contribution in [0.3, 0.4) is 0 Å². The van der Waals surface area contributed by atoms with E-state index in [2.05, 4.69) is 9.27 Å². The number of carbonyl (C=O) groups excluding carboxylic acids is 1. The molecule has 0 amide bonds. The molecule has 0 aromatic carbocycles. The molecule has 1 fully saturated rings. The fourth-order valence-corrected chi connectivity index (χ4v) is 2.88. The van der Waals surface area contributed by atoms with Crippen molar-refractivity contribution in [3.8, 4) is 0 Å². The van der Waals surface area contributed by atoms with Crippen molar-refractivity contribution in [3.63, 3.8) is 0 Å². The third kappa shape index (κ3) is 2.28. The smallest absolute Gasteiger partial charge is 0.344 e. The van der Waals surface area contributed by atoms with Gasteiger partial charge in [0.15, 0.2) is 5.82 Å². The van der Waals surface area contributed by atoms with Gasteiger partial charge in [-0.3, -0.25) is 0 Å². The molecule has 2 N–H and O–H groups in total. The summed E-state index contributed by atoms with van der Waals surface area (Å²) in [6, 6.07) is 0.185. The monoisotopic (exact) mass is 271 g/mol. The first-order valence-electron chi connectivity index (χ1n) is 5.76. The maximum atomic E-state index is 11.8. The van der Waals surface area contributed by atoms with Crippen LogP contribution in [0.2, 0.25) is 0 Å². The molecule has 2 heterocycles. The number of nitrogens with zero attached hydrogens (tertiary/aromatic N) is 2. The Morgan fingerprint density at radius 1 is 1.61 bits per heavy atom. The maximum Gasteiger partial charge on any atom is 0.344 e. The minimum Gasteiger partial charge on any atom is -0.465 e. The van der Waals surface area contributed by atoms with Crippen LogP contribution in [0.25, 0.3) is 0 Å². The Labute approximate surface area is 110 Å². The molecule has 1 aromatic heterocycles. The minimum absolute atomic E-state index is 0.120. The molecule has 18 heavy (non-hydrogen) atoms. The Kier molecular flexibility index (Phi) is 3.72. The number of morpholine rings is 1. The Morgan fingerprint density at radius 2 is 2.33 bits per heavy atom. The summed E-state index contributed by atoms with van der Waals surface area (Å²) < 4.78 is 14.4. The Morgan fingerprint density at radius 3 is 3.00 bits per heavy atom. The van der Waals surface area contributed by atoms with Gasteiger partial charge in [0.1, 0.15) is 10.6 Å². The quantitative estimate of drug-likeness (QED) is 0.812. The van der Waals surface area contributed by atoms with Crippen molar-refractivity contribution in [3.05, 3.63) is 5.56 Å². The van der Waals surface area contributed by atoms with Crippen molar-refractivity contribution in [2.75, 3.05) is 30.9 Å². The molecule has 0 saturated carbocycles. The van der Waals surface area contributed by atoms with Gasteiger partial charge in [0.05, 0.1) is 25.9 Å². The SMILES string of the molecule is COC(=O)c1c(N)nsc1N1CC(C)OCC1C. The van der Waals surface area contributed by atoms with Crippen molar-refractivity contribution in [2.45, 2.75) is 26.0 Å². The minimum atomic E-state index is -0.442. The highest BCUT2D eigenvalue weighted by Gasteiger charge is 2.30. The van der Waals surface area contributed by atoms with E-state index in [4.69, 9.17) is 15.2 Å². The number of nitrogens with two attached hydrogens (primary N) is 1. The molecule has 1 aromatic rings. The van der Waals surface area contributed by atoms with Crippen LogP contribution in [0, 0.1) is 0 Å². The van der Waals surface area contributed by atoms with E-state index >= 15 is 0 Å². The lowest BCUT2D eigenvalue weighted by Gasteiger charge is -2.37. The van der Waals surface area contributed by atoms with Gasteiger partial charge in [-0.1, -0.05) is 0 Å². The second-order valence-corrected chi connectivity index (χ2v) is 5.14. The van der Waals surface area contributed by atoms with Gasteiger partial charge in [0.25, 0.3) is 0 Å². The molecule has 7 heteroatoms. The van der Waals surface area contributed by atoms with E-state index in [-0.39, 0.29) is 18.0 Å². The van der Waals surface area contributed by atoms with E-state index in [9.17, 15) is 4.79 Å². The number of carbonyl (C=O) groups is 1. The molecule has 0 radical (unpaired) electrons. The highest BCUT2D eigenvalue weighted by molar-refractivity contribution is 7.11. The Balaban J connectivity index is 2.35. The third-order valence-corrected chi connectivity index (χ3v) is 3.86. The fraction of sp³-hybridized carbons (Fsp3) is 0.636. The molecule has 1 aliphatic heterocycles. The number of ether oxygens (including phenoxy) is 2. The average Bonchev–Trinajstić information content (AvgIpc) is 2.73. The lowest BCUT2D eigenvalue weighted by Crippen LogP contribution is -2.47.